The third-order valence-electron chi connectivity index (χ3n) is 4.42. The van der Waals surface area contributed by atoms with E-state index in [0.717, 1.165) is 31.6 Å². The Morgan fingerprint density at radius 3 is 2.73 bits per heavy atom. The molecule has 0 amide bonds. The zero-order chi connectivity index (χ0) is 15.7. The Labute approximate surface area is 137 Å². The first-order valence-corrected chi connectivity index (χ1v) is 8.82. The molecule has 2 heterocycles. The first-order chi connectivity index (χ1) is 10.6. The number of hydrogen-bond donors (Lipinski definition) is 1. The van der Waals surface area contributed by atoms with Crippen LogP contribution in [-0.2, 0) is 13.0 Å². The van der Waals surface area contributed by atoms with Crippen LogP contribution < -0.4 is 10.2 Å². The van der Waals surface area contributed by atoms with Gasteiger partial charge in [0.1, 0.15) is 0 Å². The Morgan fingerprint density at radius 1 is 1.32 bits per heavy atom. The van der Waals surface area contributed by atoms with E-state index >= 15 is 0 Å². The maximum absolute atomic E-state index is 4.06. The summed E-state index contributed by atoms with van der Waals surface area (Å²) in [5, 5.41) is 5.67. The molecule has 22 heavy (non-hydrogen) atoms. The topological polar surface area (TPSA) is 15.3 Å². The molecule has 0 fully saturated rings. The van der Waals surface area contributed by atoms with Crippen LogP contribution in [0, 0.1) is 13.8 Å². The Kier molecular flexibility index (Phi) is 4.25. The fourth-order valence-corrected chi connectivity index (χ4v) is 3.94. The molecule has 1 N–H and O–H groups in total. The van der Waals surface area contributed by atoms with Gasteiger partial charge in [-0.1, -0.05) is 13.5 Å². The molecule has 1 aliphatic rings. The quantitative estimate of drug-likeness (QED) is 0.828. The first-order valence-electron chi connectivity index (χ1n) is 7.94. The van der Waals surface area contributed by atoms with E-state index in [1.165, 1.54) is 28.1 Å². The molecular formula is C19H24N2S. The standard InChI is InChI=1S/C19H24N2S/c1-5-15(4)20-19-13(2)10-17(11-14(19)3)21-8-6-18-16(12-21)7-9-22-18/h7,9-11,20H,4-6,8,12H2,1-3H3. The number of allylic oxidation sites excluding steroid dienone is 1. The average Bonchev–Trinajstić information content (AvgIpc) is 2.97. The molecule has 3 rings (SSSR count). The van der Waals surface area contributed by atoms with Crippen molar-refractivity contribution in [2.24, 2.45) is 0 Å². The maximum Gasteiger partial charge on any atom is 0.0442 e. The summed E-state index contributed by atoms with van der Waals surface area (Å²) < 4.78 is 0. The van der Waals surface area contributed by atoms with Crippen LogP contribution in [0.5, 0.6) is 0 Å². The third kappa shape index (κ3) is 2.91. The van der Waals surface area contributed by atoms with Crippen molar-refractivity contribution in [3.63, 3.8) is 0 Å². The fourth-order valence-electron chi connectivity index (χ4n) is 3.05. The van der Waals surface area contributed by atoms with E-state index in [9.17, 15) is 0 Å². The Morgan fingerprint density at radius 2 is 2.05 bits per heavy atom. The lowest BCUT2D eigenvalue weighted by Crippen LogP contribution is -2.29. The van der Waals surface area contributed by atoms with Gasteiger partial charge in [0.15, 0.2) is 0 Å². The van der Waals surface area contributed by atoms with Crippen molar-refractivity contribution in [1.82, 2.24) is 0 Å². The van der Waals surface area contributed by atoms with Gasteiger partial charge < -0.3 is 10.2 Å². The van der Waals surface area contributed by atoms with Crippen LogP contribution in [0.1, 0.15) is 34.9 Å². The summed E-state index contributed by atoms with van der Waals surface area (Å²) >= 11 is 1.89. The second-order valence-electron chi connectivity index (χ2n) is 6.08. The monoisotopic (exact) mass is 312 g/mol. The summed E-state index contributed by atoms with van der Waals surface area (Å²) in [6, 6.07) is 6.87. The molecule has 0 saturated carbocycles. The number of nitrogens with zero attached hydrogens (tertiary/aromatic N) is 1. The highest BCUT2D eigenvalue weighted by Crippen LogP contribution is 2.32. The fraction of sp³-hybridized carbons (Fsp3) is 0.368. The molecule has 1 aliphatic heterocycles. The normalized spacial score (nSPS) is 13.9. The molecule has 3 heteroatoms. The van der Waals surface area contributed by atoms with E-state index in [-0.39, 0.29) is 0 Å². The van der Waals surface area contributed by atoms with Crippen molar-refractivity contribution in [3.8, 4) is 0 Å². The molecule has 2 nitrogen and oxygen atoms in total. The molecule has 0 aliphatic carbocycles. The lowest BCUT2D eigenvalue weighted by atomic mass is 10.0. The number of rotatable bonds is 4. The minimum atomic E-state index is 0.952. The van der Waals surface area contributed by atoms with Crippen molar-refractivity contribution < 1.29 is 0 Å². The van der Waals surface area contributed by atoms with Crippen LogP contribution in [0.15, 0.2) is 35.9 Å². The molecule has 2 aromatic rings. The van der Waals surface area contributed by atoms with E-state index in [0.29, 0.717) is 0 Å². The first kappa shape index (κ1) is 15.2. The molecule has 0 unspecified atom stereocenters. The van der Waals surface area contributed by atoms with Gasteiger partial charge >= 0.3 is 0 Å². The van der Waals surface area contributed by atoms with Crippen LogP contribution >= 0.6 is 11.3 Å². The van der Waals surface area contributed by atoms with Crippen LogP contribution in [0.2, 0.25) is 0 Å². The van der Waals surface area contributed by atoms with Crippen molar-refractivity contribution >= 4 is 22.7 Å². The Hall–Kier alpha value is -1.74. The highest BCUT2D eigenvalue weighted by Gasteiger charge is 2.18. The Balaban J connectivity index is 1.85. The zero-order valence-corrected chi connectivity index (χ0v) is 14.5. The minimum absolute atomic E-state index is 0.952. The van der Waals surface area contributed by atoms with Gasteiger partial charge in [-0.2, -0.15) is 0 Å². The summed E-state index contributed by atoms with van der Waals surface area (Å²) in [5.74, 6) is 0. The van der Waals surface area contributed by atoms with Crippen molar-refractivity contribution in [2.45, 2.75) is 40.2 Å². The van der Waals surface area contributed by atoms with Crippen LogP contribution in [0.4, 0.5) is 11.4 Å². The number of benzene rings is 1. The molecule has 0 radical (unpaired) electrons. The average molecular weight is 312 g/mol. The minimum Gasteiger partial charge on any atom is -0.367 e. The van der Waals surface area contributed by atoms with Gasteiger partial charge in [0.05, 0.1) is 0 Å². The largest absolute Gasteiger partial charge is 0.367 e. The summed E-state index contributed by atoms with van der Waals surface area (Å²) in [5.41, 5.74) is 7.69. The zero-order valence-electron chi connectivity index (χ0n) is 13.7. The second-order valence-corrected chi connectivity index (χ2v) is 7.08. The number of thiophene rings is 1. The molecule has 0 spiro atoms. The Bertz CT molecular complexity index is 676. The molecular weight excluding hydrogens is 288 g/mol. The third-order valence-corrected chi connectivity index (χ3v) is 5.44. The van der Waals surface area contributed by atoms with E-state index in [4.69, 9.17) is 0 Å². The van der Waals surface area contributed by atoms with Gasteiger partial charge in [-0.3, -0.25) is 0 Å². The number of hydrogen-bond acceptors (Lipinski definition) is 3. The van der Waals surface area contributed by atoms with Crippen LogP contribution in [-0.4, -0.2) is 6.54 Å². The van der Waals surface area contributed by atoms with Gasteiger partial charge in [-0.25, -0.2) is 0 Å². The predicted octanol–water partition coefficient (Wildman–Crippen LogP) is 5.26. The van der Waals surface area contributed by atoms with Gasteiger partial charge in [0.2, 0.25) is 0 Å². The van der Waals surface area contributed by atoms with Gasteiger partial charge in [-0.15, -0.1) is 11.3 Å². The highest BCUT2D eigenvalue weighted by molar-refractivity contribution is 7.10. The number of nitrogens with one attached hydrogen (secondary N) is 1. The molecule has 0 bridgehead atoms. The van der Waals surface area contributed by atoms with Gasteiger partial charge in [0.25, 0.3) is 0 Å². The molecule has 116 valence electrons. The summed E-state index contributed by atoms with van der Waals surface area (Å²) in [4.78, 5) is 4.05. The van der Waals surface area contributed by atoms with Gasteiger partial charge in [0, 0.05) is 35.0 Å². The number of aryl methyl sites for hydroxylation is 2. The number of fused-ring (bicyclic) bond motifs is 1. The molecule has 1 aromatic carbocycles. The van der Waals surface area contributed by atoms with Crippen molar-refractivity contribution in [3.05, 3.63) is 57.4 Å². The van der Waals surface area contributed by atoms with Crippen LogP contribution in [0.3, 0.4) is 0 Å². The maximum atomic E-state index is 4.06. The second kappa shape index (κ2) is 6.17. The van der Waals surface area contributed by atoms with E-state index < -0.39 is 0 Å². The predicted molar refractivity (Wildman–Crippen MR) is 98.0 cm³/mol. The molecule has 1 aromatic heterocycles. The van der Waals surface area contributed by atoms with Crippen LogP contribution in [0.25, 0.3) is 0 Å². The summed E-state index contributed by atoms with van der Waals surface area (Å²) in [7, 11) is 0. The van der Waals surface area contributed by atoms with E-state index in [2.05, 4.69) is 61.1 Å². The van der Waals surface area contributed by atoms with E-state index in [1.54, 1.807) is 4.88 Å². The molecule has 0 saturated heterocycles. The van der Waals surface area contributed by atoms with E-state index in [1.807, 2.05) is 11.3 Å². The summed E-state index contributed by atoms with van der Waals surface area (Å²) in [6.45, 7) is 12.7. The lowest BCUT2D eigenvalue weighted by Gasteiger charge is -2.30. The lowest BCUT2D eigenvalue weighted by molar-refractivity contribution is 0.743. The SMILES string of the molecule is C=C(CC)Nc1c(C)cc(N2CCc3sccc3C2)cc1C. The number of anilines is 2. The summed E-state index contributed by atoms with van der Waals surface area (Å²) in [6.07, 6.45) is 2.12. The van der Waals surface area contributed by atoms with Gasteiger partial charge in [-0.05, 0) is 67.0 Å². The highest BCUT2D eigenvalue weighted by atomic mass is 32.1. The smallest absolute Gasteiger partial charge is 0.0442 e. The molecule has 0 atom stereocenters. The van der Waals surface area contributed by atoms with Crippen molar-refractivity contribution in [1.29, 1.82) is 0 Å². The van der Waals surface area contributed by atoms with Crippen molar-refractivity contribution in [2.75, 3.05) is 16.8 Å².